The number of Topliss-reactive ketones (excluding diaryl/α,β-unsaturated/α-hetero) is 1. The largest absolute Gasteiger partial charge is 0.344 e. The third-order valence-electron chi connectivity index (χ3n) is 0.975. The van der Waals surface area contributed by atoms with Crippen LogP contribution in [0.25, 0.3) is 0 Å². The molecule has 5 nitrogen and oxygen atoms in total. The van der Waals surface area contributed by atoms with Crippen LogP contribution in [0, 0.1) is 10.1 Å². The number of hydrogen-bond donors (Lipinski definition) is 0. The van der Waals surface area contributed by atoms with E-state index in [0.717, 1.165) is 17.5 Å². The van der Waals surface area contributed by atoms with Crippen LogP contribution in [0.15, 0.2) is 6.20 Å². The number of ketones is 1. The molecule has 0 bridgehead atoms. The van der Waals surface area contributed by atoms with Gasteiger partial charge >= 0.3 is 5.00 Å². The summed E-state index contributed by atoms with van der Waals surface area (Å²) in [5, 5.41) is 10.2. The maximum atomic E-state index is 10.6. The molecule has 1 aromatic rings. The van der Waals surface area contributed by atoms with Crippen LogP contribution in [0.1, 0.15) is 16.7 Å². The van der Waals surface area contributed by atoms with E-state index in [-0.39, 0.29) is 15.8 Å². The van der Waals surface area contributed by atoms with E-state index in [1.807, 2.05) is 0 Å². The number of hydrogen-bond acceptors (Lipinski definition) is 5. The van der Waals surface area contributed by atoms with E-state index in [2.05, 4.69) is 4.98 Å². The smallest absolute Gasteiger partial charge is 0.292 e. The summed E-state index contributed by atoms with van der Waals surface area (Å²) < 4.78 is 0. The third kappa shape index (κ3) is 1.58. The van der Waals surface area contributed by atoms with Crippen molar-refractivity contribution in [3.05, 3.63) is 21.3 Å². The number of carbonyl (C=O) groups excluding carboxylic acids is 1. The van der Waals surface area contributed by atoms with E-state index < -0.39 is 4.92 Å². The summed E-state index contributed by atoms with van der Waals surface area (Å²) >= 11 is 0.789. The van der Waals surface area contributed by atoms with Crippen LogP contribution in [0.2, 0.25) is 0 Å². The quantitative estimate of drug-likeness (QED) is 0.382. The average Bonchev–Trinajstić information content (AvgIpc) is 2.33. The second-order valence-electron chi connectivity index (χ2n) is 1.82. The molecule has 1 aromatic heterocycles. The van der Waals surface area contributed by atoms with Crippen molar-refractivity contribution >= 4 is 22.1 Å². The third-order valence-corrected chi connectivity index (χ3v) is 2.02. The Balaban J connectivity index is 2.99. The fourth-order valence-electron chi connectivity index (χ4n) is 0.513. The van der Waals surface area contributed by atoms with Gasteiger partial charge in [-0.1, -0.05) is 0 Å². The first-order valence-corrected chi connectivity index (χ1v) is 3.54. The molecule has 0 spiro atoms. The molecule has 0 saturated heterocycles. The lowest BCUT2D eigenvalue weighted by Gasteiger charge is -1.79. The predicted octanol–water partition coefficient (Wildman–Crippen LogP) is 1.25. The normalized spacial score (nSPS) is 9.55. The maximum absolute atomic E-state index is 10.6. The molecule has 0 saturated carbocycles. The highest BCUT2D eigenvalue weighted by atomic mass is 32.1. The Morgan fingerprint density at radius 3 is 2.73 bits per heavy atom. The lowest BCUT2D eigenvalue weighted by atomic mass is 10.5. The summed E-state index contributed by atoms with van der Waals surface area (Å²) in [6, 6.07) is 0. The fraction of sp³-hybridized carbons (Fsp3) is 0.200. The van der Waals surface area contributed by atoms with E-state index >= 15 is 0 Å². The Bertz CT molecular complexity index is 278. The molecule has 0 amide bonds. The number of aromatic nitrogens is 1. The van der Waals surface area contributed by atoms with Crippen molar-refractivity contribution in [2.45, 2.75) is 6.92 Å². The van der Waals surface area contributed by atoms with Crippen LogP contribution in [0.4, 0.5) is 5.00 Å². The Morgan fingerprint density at radius 2 is 2.45 bits per heavy atom. The minimum atomic E-state index is -0.565. The summed E-state index contributed by atoms with van der Waals surface area (Å²) in [6.07, 6.45) is 1.08. The molecule has 0 aliphatic heterocycles. The van der Waals surface area contributed by atoms with Crippen LogP contribution in [0.5, 0.6) is 0 Å². The van der Waals surface area contributed by atoms with Crippen LogP contribution < -0.4 is 0 Å². The molecule has 0 aliphatic carbocycles. The van der Waals surface area contributed by atoms with Crippen molar-refractivity contribution in [3.8, 4) is 0 Å². The molecular formula is C5H4N2O3S. The Labute approximate surface area is 65.8 Å². The van der Waals surface area contributed by atoms with Gasteiger partial charge in [-0.3, -0.25) is 14.9 Å². The minimum Gasteiger partial charge on any atom is -0.292 e. The second-order valence-corrected chi connectivity index (χ2v) is 2.83. The first kappa shape index (κ1) is 7.80. The lowest BCUT2D eigenvalue weighted by Crippen LogP contribution is -1.87. The van der Waals surface area contributed by atoms with Gasteiger partial charge in [-0.15, -0.1) is 0 Å². The van der Waals surface area contributed by atoms with Crippen molar-refractivity contribution in [1.82, 2.24) is 4.98 Å². The van der Waals surface area contributed by atoms with Crippen LogP contribution in [0.3, 0.4) is 0 Å². The van der Waals surface area contributed by atoms with Crippen LogP contribution in [-0.2, 0) is 0 Å². The van der Waals surface area contributed by atoms with Gasteiger partial charge in [0.15, 0.2) is 10.8 Å². The van der Waals surface area contributed by atoms with Crippen molar-refractivity contribution in [2.24, 2.45) is 0 Å². The van der Waals surface area contributed by atoms with E-state index in [0.29, 0.717) is 0 Å². The van der Waals surface area contributed by atoms with E-state index in [4.69, 9.17) is 0 Å². The van der Waals surface area contributed by atoms with E-state index in [9.17, 15) is 14.9 Å². The van der Waals surface area contributed by atoms with E-state index in [1.54, 1.807) is 0 Å². The number of carbonyl (C=O) groups is 1. The molecule has 1 rings (SSSR count). The molecule has 58 valence electrons. The van der Waals surface area contributed by atoms with Crippen LogP contribution >= 0.6 is 11.3 Å². The molecule has 0 aliphatic rings. The highest BCUT2D eigenvalue weighted by Gasteiger charge is 2.13. The Morgan fingerprint density at radius 1 is 1.82 bits per heavy atom. The van der Waals surface area contributed by atoms with Crippen molar-refractivity contribution < 1.29 is 9.72 Å². The predicted molar refractivity (Wildman–Crippen MR) is 38.8 cm³/mol. The summed E-state index contributed by atoms with van der Waals surface area (Å²) in [5.74, 6) is -0.247. The maximum Gasteiger partial charge on any atom is 0.344 e. The molecule has 0 aromatic carbocycles. The molecular weight excluding hydrogens is 168 g/mol. The topological polar surface area (TPSA) is 73.1 Å². The lowest BCUT2D eigenvalue weighted by molar-refractivity contribution is -0.380. The highest BCUT2D eigenvalue weighted by molar-refractivity contribution is 7.16. The first-order valence-electron chi connectivity index (χ1n) is 2.72. The van der Waals surface area contributed by atoms with Gasteiger partial charge in [-0.2, -0.15) is 0 Å². The van der Waals surface area contributed by atoms with Gasteiger partial charge in [-0.25, -0.2) is 4.98 Å². The van der Waals surface area contributed by atoms with Crippen molar-refractivity contribution in [3.63, 3.8) is 0 Å². The average molecular weight is 172 g/mol. The van der Waals surface area contributed by atoms with Crippen molar-refractivity contribution in [1.29, 1.82) is 0 Å². The molecule has 6 heteroatoms. The number of rotatable bonds is 2. The summed E-state index contributed by atoms with van der Waals surface area (Å²) in [4.78, 5) is 23.7. The standard InChI is InChI=1S/C5H4N2O3S/c1-3(8)5-6-2-4(11-5)7(9)10/h2H,1H3. The SMILES string of the molecule is CC(=O)c1ncc([N+](=O)[O-])s1. The zero-order chi connectivity index (χ0) is 8.43. The van der Waals surface area contributed by atoms with Gasteiger partial charge in [0, 0.05) is 6.92 Å². The molecule has 0 unspecified atom stereocenters. The monoisotopic (exact) mass is 172 g/mol. The number of thiazole rings is 1. The van der Waals surface area contributed by atoms with Gasteiger partial charge in [0.1, 0.15) is 6.20 Å². The first-order chi connectivity index (χ1) is 5.11. The van der Waals surface area contributed by atoms with Crippen molar-refractivity contribution in [2.75, 3.05) is 0 Å². The zero-order valence-corrected chi connectivity index (χ0v) is 6.42. The van der Waals surface area contributed by atoms with Gasteiger partial charge in [0.05, 0.1) is 4.92 Å². The van der Waals surface area contributed by atoms with Gasteiger partial charge in [-0.05, 0) is 11.3 Å². The summed E-state index contributed by atoms with van der Waals surface area (Å²) in [7, 11) is 0. The number of nitrogens with zero attached hydrogens (tertiary/aromatic N) is 2. The van der Waals surface area contributed by atoms with Crippen LogP contribution in [-0.4, -0.2) is 15.7 Å². The zero-order valence-electron chi connectivity index (χ0n) is 5.60. The van der Waals surface area contributed by atoms with Gasteiger partial charge in [0.2, 0.25) is 0 Å². The molecule has 0 atom stereocenters. The summed E-state index contributed by atoms with van der Waals surface area (Å²) in [5.41, 5.74) is 0. The van der Waals surface area contributed by atoms with Gasteiger partial charge < -0.3 is 0 Å². The minimum absolute atomic E-state index is 0.102. The second kappa shape index (κ2) is 2.75. The molecule has 0 N–H and O–H groups in total. The van der Waals surface area contributed by atoms with E-state index in [1.165, 1.54) is 6.92 Å². The summed E-state index contributed by atoms with van der Waals surface area (Å²) in [6.45, 7) is 1.32. The molecule has 11 heavy (non-hydrogen) atoms. The Hall–Kier alpha value is -1.30. The molecule has 0 fully saturated rings. The number of nitro groups is 1. The Kier molecular flexibility index (Phi) is 1.95. The molecule has 1 heterocycles. The van der Waals surface area contributed by atoms with Gasteiger partial charge in [0.25, 0.3) is 0 Å². The highest BCUT2D eigenvalue weighted by Crippen LogP contribution is 2.20. The fourth-order valence-corrected chi connectivity index (χ4v) is 1.14. The molecule has 0 radical (unpaired) electrons.